The molecule has 7 heteroatoms. The summed E-state index contributed by atoms with van der Waals surface area (Å²) in [6, 6.07) is 15.0. The number of nitriles is 2. The Labute approximate surface area is 161 Å². The van der Waals surface area contributed by atoms with Gasteiger partial charge in [0.25, 0.3) is 0 Å². The zero-order valence-corrected chi connectivity index (χ0v) is 15.1. The minimum atomic E-state index is -1.28. The van der Waals surface area contributed by atoms with E-state index in [9.17, 15) is 24.5 Å². The lowest BCUT2D eigenvalue weighted by molar-refractivity contribution is -0.131. The van der Waals surface area contributed by atoms with Gasteiger partial charge in [0.2, 0.25) is 5.91 Å². The molecule has 0 saturated heterocycles. The topological polar surface area (TPSA) is 93.8 Å². The van der Waals surface area contributed by atoms with E-state index < -0.39 is 35.3 Å². The van der Waals surface area contributed by atoms with Crippen LogP contribution in [0.15, 0.2) is 48.5 Å². The Hall–Kier alpha value is -3.22. The van der Waals surface area contributed by atoms with E-state index in [1.54, 1.807) is 24.3 Å². The van der Waals surface area contributed by atoms with E-state index in [0.29, 0.717) is 16.3 Å². The summed E-state index contributed by atoms with van der Waals surface area (Å²) in [6.45, 7) is 1.23. The number of hydrogen-bond acceptors (Lipinski definition) is 4. The molecule has 2 aromatic rings. The molecule has 0 heterocycles. The quantitative estimate of drug-likeness (QED) is 0.761. The van der Waals surface area contributed by atoms with Crippen LogP contribution >= 0.6 is 11.6 Å². The number of carbonyl (C=O) groups is 2. The van der Waals surface area contributed by atoms with Crippen LogP contribution in [0, 0.1) is 40.3 Å². The van der Waals surface area contributed by atoms with E-state index in [0.717, 1.165) is 0 Å². The molecule has 0 radical (unpaired) electrons. The highest BCUT2D eigenvalue weighted by Crippen LogP contribution is 2.34. The molecule has 2 unspecified atom stereocenters. The standard InChI is InChI=1S/C20H15ClFN3O2/c1-12(26)18(20(27)25-17-8-6-16(22)7-9-17)19(14(10-23)11-24)13-2-4-15(21)5-3-13/h2-9,14,18-19H,1H3,(H,25,27). The molecule has 0 aromatic heterocycles. The first-order valence-electron chi connectivity index (χ1n) is 7.99. The van der Waals surface area contributed by atoms with Gasteiger partial charge >= 0.3 is 0 Å². The summed E-state index contributed by atoms with van der Waals surface area (Å²) in [5.41, 5.74) is 0.773. The number of carbonyl (C=O) groups excluding carboxylic acids is 2. The number of Topliss-reactive ketones (excluding diaryl/α,β-unsaturated/α-hetero) is 1. The number of anilines is 1. The highest BCUT2D eigenvalue weighted by molar-refractivity contribution is 6.30. The van der Waals surface area contributed by atoms with Crippen molar-refractivity contribution >= 4 is 29.0 Å². The minimum absolute atomic E-state index is 0.299. The maximum atomic E-state index is 13.0. The van der Waals surface area contributed by atoms with Gasteiger partial charge < -0.3 is 5.32 Å². The Bertz CT molecular complexity index is 900. The van der Waals surface area contributed by atoms with E-state index in [-0.39, 0.29) is 0 Å². The predicted molar refractivity (Wildman–Crippen MR) is 98.1 cm³/mol. The summed E-state index contributed by atoms with van der Waals surface area (Å²) in [7, 11) is 0. The first-order chi connectivity index (χ1) is 12.9. The highest BCUT2D eigenvalue weighted by Gasteiger charge is 2.39. The second-order valence-corrected chi connectivity index (χ2v) is 6.33. The van der Waals surface area contributed by atoms with Gasteiger partial charge in [0, 0.05) is 16.6 Å². The van der Waals surface area contributed by atoms with Crippen molar-refractivity contribution in [2.24, 2.45) is 11.8 Å². The lowest BCUT2D eigenvalue weighted by Crippen LogP contribution is -2.36. The third kappa shape index (κ3) is 4.91. The fraction of sp³-hybridized carbons (Fsp3) is 0.200. The van der Waals surface area contributed by atoms with Crippen molar-refractivity contribution in [2.45, 2.75) is 12.8 Å². The second-order valence-electron chi connectivity index (χ2n) is 5.90. The van der Waals surface area contributed by atoms with E-state index in [4.69, 9.17) is 11.6 Å². The number of nitrogens with one attached hydrogen (secondary N) is 1. The summed E-state index contributed by atoms with van der Waals surface area (Å²) in [5.74, 6) is -5.12. The smallest absolute Gasteiger partial charge is 0.235 e. The molecule has 0 aliphatic heterocycles. The molecule has 0 spiro atoms. The molecule has 0 aliphatic rings. The molecular weight excluding hydrogens is 369 g/mol. The van der Waals surface area contributed by atoms with Crippen molar-refractivity contribution in [1.29, 1.82) is 10.5 Å². The predicted octanol–water partition coefficient (Wildman–Crippen LogP) is 4.07. The van der Waals surface area contributed by atoms with E-state index in [1.807, 2.05) is 12.1 Å². The zero-order valence-electron chi connectivity index (χ0n) is 14.3. The minimum Gasteiger partial charge on any atom is -0.325 e. The van der Waals surface area contributed by atoms with Crippen LogP contribution in [0.2, 0.25) is 5.02 Å². The Morgan fingerprint density at radius 2 is 1.59 bits per heavy atom. The van der Waals surface area contributed by atoms with Crippen LogP contribution in [0.25, 0.3) is 0 Å². The highest BCUT2D eigenvalue weighted by atomic mass is 35.5. The molecule has 5 nitrogen and oxygen atoms in total. The maximum absolute atomic E-state index is 13.0. The van der Waals surface area contributed by atoms with E-state index in [2.05, 4.69) is 5.32 Å². The fourth-order valence-corrected chi connectivity index (χ4v) is 2.93. The fourth-order valence-electron chi connectivity index (χ4n) is 2.81. The molecule has 0 fully saturated rings. The second kappa shape index (κ2) is 8.93. The SMILES string of the molecule is CC(=O)C(C(=O)Nc1ccc(F)cc1)C(c1ccc(Cl)cc1)C(C#N)C#N. The van der Waals surface area contributed by atoms with Gasteiger partial charge in [0.15, 0.2) is 0 Å². The molecule has 2 atom stereocenters. The molecule has 0 aliphatic carbocycles. The third-order valence-corrected chi connectivity index (χ3v) is 4.34. The lowest BCUT2D eigenvalue weighted by Gasteiger charge is -2.25. The van der Waals surface area contributed by atoms with Gasteiger partial charge in [-0.05, 0) is 48.9 Å². The van der Waals surface area contributed by atoms with Crippen LogP contribution < -0.4 is 5.32 Å². The number of halogens is 2. The molecule has 1 N–H and O–H groups in total. The van der Waals surface area contributed by atoms with Gasteiger partial charge in [-0.2, -0.15) is 10.5 Å². The van der Waals surface area contributed by atoms with Gasteiger partial charge in [0.05, 0.1) is 12.1 Å². The molecule has 136 valence electrons. The number of rotatable bonds is 6. The molecular formula is C20H15ClFN3O2. The van der Waals surface area contributed by atoms with Crippen molar-refractivity contribution in [3.63, 3.8) is 0 Å². The number of hydrogen-bond donors (Lipinski definition) is 1. The van der Waals surface area contributed by atoms with Crippen LogP contribution in [0.3, 0.4) is 0 Å². The van der Waals surface area contributed by atoms with Gasteiger partial charge in [-0.1, -0.05) is 23.7 Å². The number of amides is 1. The summed E-state index contributed by atoms with van der Waals surface area (Å²) in [4.78, 5) is 25.1. The Morgan fingerprint density at radius 3 is 2.07 bits per heavy atom. The third-order valence-electron chi connectivity index (χ3n) is 4.08. The molecule has 0 saturated carbocycles. The maximum Gasteiger partial charge on any atom is 0.235 e. The van der Waals surface area contributed by atoms with Crippen molar-refractivity contribution < 1.29 is 14.0 Å². The summed E-state index contributed by atoms with van der Waals surface area (Å²) in [6.07, 6.45) is 0. The molecule has 27 heavy (non-hydrogen) atoms. The lowest BCUT2D eigenvalue weighted by atomic mass is 9.75. The largest absolute Gasteiger partial charge is 0.325 e. The Morgan fingerprint density at radius 1 is 1.04 bits per heavy atom. The van der Waals surface area contributed by atoms with Crippen molar-refractivity contribution in [1.82, 2.24) is 0 Å². The van der Waals surface area contributed by atoms with Gasteiger partial charge in [-0.25, -0.2) is 4.39 Å². The number of nitrogens with zero attached hydrogens (tertiary/aromatic N) is 2. The van der Waals surface area contributed by atoms with Crippen LogP contribution in [0.4, 0.5) is 10.1 Å². The van der Waals surface area contributed by atoms with Gasteiger partial charge in [-0.3, -0.25) is 9.59 Å². The number of ketones is 1. The van der Waals surface area contributed by atoms with Crippen molar-refractivity contribution in [3.8, 4) is 12.1 Å². The van der Waals surface area contributed by atoms with Crippen LogP contribution in [0.5, 0.6) is 0 Å². The van der Waals surface area contributed by atoms with Crippen LogP contribution in [-0.2, 0) is 9.59 Å². The summed E-state index contributed by atoms with van der Waals surface area (Å²) in [5, 5.41) is 21.7. The number of benzene rings is 2. The Balaban J connectivity index is 2.44. The zero-order chi connectivity index (χ0) is 20.0. The average Bonchev–Trinajstić information content (AvgIpc) is 2.64. The van der Waals surface area contributed by atoms with Crippen molar-refractivity contribution in [2.75, 3.05) is 5.32 Å². The molecule has 2 rings (SSSR count). The average molecular weight is 384 g/mol. The van der Waals surface area contributed by atoms with E-state index in [1.165, 1.54) is 31.2 Å². The van der Waals surface area contributed by atoms with Crippen LogP contribution in [-0.4, -0.2) is 11.7 Å². The normalized spacial score (nSPS) is 12.5. The van der Waals surface area contributed by atoms with Crippen LogP contribution in [0.1, 0.15) is 18.4 Å². The summed E-state index contributed by atoms with van der Waals surface area (Å²) >= 11 is 5.88. The monoisotopic (exact) mass is 383 g/mol. The molecule has 0 bridgehead atoms. The van der Waals surface area contributed by atoms with E-state index >= 15 is 0 Å². The van der Waals surface area contributed by atoms with Gasteiger partial charge in [-0.15, -0.1) is 0 Å². The first-order valence-corrected chi connectivity index (χ1v) is 8.36. The first kappa shape index (κ1) is 20.1. The molecule has 1 amide bonds. The van der Waals surface area contributed by atoms with Gasteiger partial charge in [0.1, 0.15) is 23.4 Å². The summed E-state index contributed by atoms with van der Waals surface area (Å²) < 4.78 is 13.0. The van der Waals surface area contributed by atoms with Crippen molar-refractivity contribution in [3.05, 3.63) is 64.9 Å². The molecule has 2 aromatic carbocycles. The Kier molecular flexibility index (Phi) is 6.65.